The van der Waals surface area contributed by atoms with Crippen molar-refractivity contribution in [2.45, 2.75) is 19.4 Å². The molecular formula is C21H19N5. The number of hydrogen-bond acceptors (Lipinski definition) is 5. The summed E-state index contributed by atoms with van der Waals surface area (Å²) in [5, 5.41) is 4.26. The van der Waals surface area contributed by atoms with Gasteiger partial charge in [-0.05, 0) is 38.1 Å². The van der Waals surface area contributed by atoms with E-state index in [1.165, 1.54) is 0 Å². The van der Waals surface area contributed by atoms with Gasteiger partial charge in [0.25, 0.3) is 0 Å². The number of fused-ring (bicyclic) bond motifs is 1. The molecule has 0 bridgehead atoms. The third-order valence-electron chi connectivity index (χ3n) is 4.26. The highest BCUT2D eigenvalue weighted by Crippen LogP contribution is 2.19. The first kappa shape index (κ1) is 16.1. The molecule has 128 valence electrons. The van der Waals surface area contributed by atoms with Crippen LogP contribution in [0.4, 0.5) is 5.82 Å². The zero-order valence-electron chi connectivity index (χ0n) is 14.7. The highest BCUT2D eigenvalue weighted by molar-refractivity contribution is 6.00. The van der Waals surface area contributed by atoms with E-state index in [0.717, 1.165) is 40.0 Å². The lowest BCUT2D eigenvalue weighted by atomic mass is 10.1. The fourth-order valence-electron chi connectivity index (χ4n) is 2.87. The van der Waals surface area contributed by atoms with Crippen molar-refractivity contribution < 1.29 is 0 Å². The Kier molecular flexibility index (Phi) is 3.81. The maximum absolute atomic E-state index is 5.91. The van der Waals surface area contributed by atoms with Crippen LogP contribution in [0.25, 0.3) is 10.9 Å². The number of anilines is 1. The van der Waals surface area contributed by atoms with Gasteiger partial charge in [0.2, 0.25) is 0 Å². The Morgan fingerprint density at radius 3 is 2.62 bits per heavy atom. The van der Waals surface area contributed by atoms with Gasteiger partial charge in [-0.2, -0.15) is 0 Å². The van der Waals surface area contributed by atoms with Crippen molar-refractivity contribution in [3.8, 4) is 11.8 Å². The van der Waals surface area contributed by atoms with E-state index in [1.54, 1.807) is 12.4 Å². The van der Waals surface area contributed by atoms with Gasteiger partial charge in [-0.1, -0.05) is 24.0 Å². The van der Waals surface area contributed by atoms with Crippen LogP contribution < -0.4 is 11.1 Å². The Morgan fingerprint density at radius 1 is 1.08 bits per heavy atom. The van der Waals surface area contributed by atoms with Crippen molar-refractivity contribution in [2.24, 2.45) is 4.99 Å². The molecule has 5 heteroatoms. The van der Waals surface area contributed by atoms with Gasteiger partial charge in [-0.15, -0.1) is 0 Å². The predicted octanol–water partition coefficient (Wildman–Crippen LogP) is 2.74. The van der Waals surface area contributed by atoms with E-state index < -0.39 is 0 Å². The van der Waals surface area contributed by atoms with E-state index >= 15 is 0 Å². The van der Waals surface area contributed by atoms with Gasteiger partial charge in [0.05, 0.1) is 23.2 Å². The maximum Gasteiger partial charge on any atom is 0.132 e. The van der Waals surface area contributed by atoms with Gasteiger partial charge in [0.1, 0.15) is 11.7 Å². The smallest absolute Gasteiger partial charge is 0.132 e. The average Bonchev–Trinajstić information content (AvgIpc) is 3.02. The van der Waals surface area contributed by atoms with Gasteiger partial charge in [-0.25, -0.2) is 4.98 Å². The van der Waals surface area contributed by atoms with Crippen molar-refractivity contribution >= 4 is 22.6 Å². The number of amidine groups is 1. The zero-order chi connectivity index (χ0) is 18.1. The van der Waals surface area contributed by atoms with Crippen LogP contribution in [-0.4, -0.2) is 27.9 Å². The number of nitrogen functional groups attached to an aromatic ring is 1. The molecule has 1 aliphatic rings. The molecule has 0 fully saturated rings. The van der Waals surface area contributed by atoms with E-state index in [9.17, 15) is 0 Å². The van der Waals surface area contributed by atoms with Crippen molar-refractivity contribution in [1.82, 2.24) is 15.3 Å². The first-order valence-corrected chi connectivity index (χ1v) is 8.46. The lowest BCUT2D eigenvalue weighted by molar-refractivity contribution is 0.506. The van der Waals surface area contributed by atoms with Gasteiger partial charge in [-0.3, -0.25) is 9.98 Å². The lowest BCUT2D eigenvalue weighted by Crippen LogP contribution is -2.39. The highest BCUT2D eigenvalue weighted by Gasteiger charge is 2.25. The number of nitrogens with one attached hydrogen (secondary N) is 1. The quantitative estimate of drug-likeness (QED) is 0.667. The molecule has 0 saturated heterocycles. The topological polar surface area (TPSA) is 76.2 Å². The molecule has 0 saturated carbocycles. The number of nitrogens with two attached hydrogens (primary N) is 1. The molecule has 3 N–H and O–H groups in total. The van der Waals surface area contributed by atoms with Gasteiger partial charge < -0.3 is 11.1 Å². The van der Waals surface area contributed by atoms with Crippen molar-refractivity contribution in [2.75, 3.05) is 12.3 Å². The number of rotatable bonds is 1. The molecule has 1 aromatic carbocycles. The summed E-state index contributed by atoms with van der Waals surface area (Å²) in [6.45, 7) is 5.07. The van der Waals surface area contributed by atoms with Crippen LogP contribution in [0.3, 0.4) is 0 Å². The van der Waals surface area contributed by atoms with Crippen LogP contribution in [0.5, 0.6) is 0 Å². The summed E-state index contributed by atoms with van der Waals surface area (Å²) >= 11 is 0. The molecule has 1 aliphatic heterocycles. The Bertz CT molecular complexity index is 1070. The zero-order valence-corrected chi connectivity index (χ0v) is 14.7. The SMILES string of the molecule is CC1(C)CN=C(c2ccc(C#Cc3cnc(N)c4cccnc34)cc2)N1. The molecule has 4 rings (SSSR count). The minimum absolute atomic E-state index is 0.0179. The average molecular weight is 341 g/mol. The first-order valence-electron chi connectivity index (χ1n) is 8.46. The van der Waals surface area contributed by atoms with Crippen LogP contribution in [0.1, 0.15) is 30.5 Å². The largest absolute Gasteiger partial charge is 0.383 e. The molecule has 26 heavy (non-hydrogen) atoms. The summed E-state index contributed by atoms with van der Waals surface area (Å²) in [5.41, 5.74) is 9.46. The Morgan fingerprint density at radius 2 is 1.88 bits per heavy atom. The molecule has 2 aromatic heterocycles. The molecule has 5 nitrogen and oxygen atoms in total. The maximum atomic E-state index is 5.91. The third kappa shape index (κ3) is 3.09. The monoisotopic (exact) mass is 341 g/mol. The Balaban J connectivity index is 1.61. The van der Waals surface area contributed by atoms with Crippen molar-refractivity contribution in [1.29, 1.82) is 0 Å². The van der Waals surface area contributed by atoms with Crippen LogP contribution in [0.2, 0.25) is 0 Å². The van der Waals surface area contributed by atoms with Crippen LogP contribution >= 0.6 is 0 Å². The minimum atomic E-state index is 0.0179. The van der Waals surface area contributed by atoms with Crippen molar-refractivity contribution in [3.63, 3.8) is 0 Å². The van der Waals surface area contributed by atoms with E-state index in [2.05, 4.69) is 46.0 Å². The summed E-state index contributed by atoms with van der Waals surface area (Å²) in [6, 6.07) is 11.8. The van der Waals surface area contributed by atoms with Crippen LogP contribution in [0, 0.1) is 11.8 Å². The third-order valence-corrected chi connectivity index (χ3v) is 4.26. The molecule has 0 spiro atoms. The van der Waals surface area contributed by atoms with Gasteiger partial charge >= 0.3 is 0 Å². The van der Waals surface area contributed by atoms with Crippen LogP contribution in [-0.2, 0) is 0 Å². The molecule has 0 unspecified atom stereocenters. The molecule has 3 aromatic rings. The fourth-order valence-corrected chi connectivity index (χ4v) is 2.87. The van der Waals surface area contributed by atoms with Crippen molar-refractivity contribution in [3.05, 3.63) is 65.5 Å². The number of aromatic nitrogens is 2. The van der Waals surface area contributed by atoms with E-state index in [4.69, 9.17) is 5.73 Å². The second-order valence-electron chi connectivity index (χ2n) is 6.96. The Labute approximate surface area is 152 Å². The van der Waals surface area contributed by atoms with E-state index in [-0.39, 0.29) is 5.54 Å². The summed E-state index contributed by atoms with van der Waals surface area (Å²) in [7, 11) is 0. The molecular weight excluding hydrogens is 322 g/mol. The Hall–Kier alpha value is -3.39. The summed E-state index contributed by atoms with van der Waals surface area (Å²) < 4.78 is 0. The number of pyridine rings is 2. The number of nitrogens with zero attached hydrogens (tertiary/aromatic N) is 3. The first-order chi connectivity index (χ1) is 12.5. The number of benzene rings is 1. The lowest BCUT2D eigenvalue weighted by Gasteiger charge is -2.18. The molecule has 3 heterocycles. The van der Waals surface area contributed by atoms with E-state index in [0.29, 0.717) is 5.82 Å². The predicted molar refractivity (Wildman–Crippen MR) is 105 cm³/mol. The fraction of sp³-hybridized carbons (Fsp3) is 0.190. The minimum Gasteiger partial charge on any atom is -0.383 e. The molecule has 0 radical (unpaired) electrons. The number of aliphatic imine (C=N–C) groups is 1. The molecule has 0 amide bonds. The van der Waals surface area contributed by atoms with Gasteiger partial charge in [0, 0.05) is 28.9 Å². The second-order valence-corrected chi connectivity index (χ2v) is 6.96. The highest BCUT2D eigenvalue weighted by atomic mass is 15.1. The summed E-state index contributed by atoms with van der Waals surface area (Å²) in [5.74, 6) is 7.74. The summed E-state index contributed by atoms with van der Waals surface area (Å²) in [4.78, 5) is 13.2. The van der Waals surface area contributed by atoms with E-state index in [1.807, 2.05) is 36.4 Å². The summed E-state index contributed by atoms with van der Waals surface area (Å²) in [6.07, 6.45) is 3.41. The number of hydrogen-bond donors (Lipinski definition) is 2. The standard InChI is InChI=1S/C21H19N5/c1-21(2)13-25-20(26-21)15-8-5-14(6-9-15)7-10-16-12-24-19(22)17-4-3-11-23-18(16)17/h3-6,8-9,11-12H,13H2,1-2H3,(H2,22,24)(H,25,26). The second kappa shape index (κ2) is 6.16. The molecule has 0 aliphatic carbocycles. The molecule has 0 atom stereocenters. The van der Waals surface area contributed by atoms with Crippen LogP contribution in [0.15, 0.2) is 53.8 Å². The van der Waals surface area contributed by atoms with Gasteiger partial charge in [0.15, 0.2) is 0 Å². The normalized spacial score (nSPS) is 15.1.